The Morgan fingerprint density at radius 3 is 2.53 bits per heavy atom. The van der Waals surface area contributed by atoms with Gasteiger partial charge in [0.25, 0.3) is 0 Å². The van der Waals surface area contributed by atoms with Crippen molar-refractivity contribution in [3.05, 3.63) is 35.9 Å². The van der Waals surface area contributed by atoms with Crippen LogP contribution >= 0.6 is 0 Å². The quantitative estimate of drug-likeness (QED) is 0.742. The highest BCUT2D eigenvalue weighted by Gasteiger charge is 2.11. The monoisotopic (exact) mass is 264 g/mol. The van der Waals surface area contributed by atoms with E-state index in [2.05, 4.69) is 55.4 Å². The second-order valence-corrected chi connectivity index (χ2v) is 5.11. The summed E-state index contributed by atoms with van der Waals surface area (Å²) >= 11 is 0. The van der Waals surface area contributed by atoms with E-state index >= 15 is 0 Å². The number of methoxy groups -OCH3 is 1. The molecule has 1 aromatic carbocycles. The van der Waals surface area contributed by atoms with Gasteiger partial charge in [-0.3, -0.25) is 0 Å². The minimum Gasteiger partial charge on any atom is -0.383 e. The van der Waals surface area contributed by atoms with Crippen molar-refractivity contribution in [1.82, 2.24) is 10.2 Å². The van der Waals surface area contributed by atoms with Crippen LogP contribution < -0.4 is 5.32 Å². The van der Waals surface area contributed by atoms with Crippen LogP contribution in [0.1, 0.15) is 31.9 Å². The topological polar surface area (TPSA) is 24.5 Å². The van der Waals surface area contributed by atoms with Crippen molar-refractivity contribution in [2.75, 3.05) is 33.9 Å². The molecule has 0 aromatic heterocycles. The van der Waals surface area contributed by atoms with Crippen LogP contribution in [0.2, 0.25) is 0 Å². The molecule has 19 heavy (non-hydrogen) atoms. The summed E-state index contributed by atoms with van der Waals surface area (Å²) in [4.78, 5) is 2.39. The smallest absolute Gasteiger partial charge is 0.0657 e. The second kappa shape index (κ2) is 9.08. The molecule has 0 amide bonds. The normalized spacial score (nSPS) is 14.6. The number of benzene rings is 1. The summed E-state index contributed by atoms with van der Waals surface area (Å²) in [6.07, 6.45) is 1.19. The number of nitrogens with one attached hydrogen (secondary N) is 1. The van der Waals surface area contributed by atoms with Gasteiger partial charge in [-0.05, 0) is 26.0 Å². The SMILES string of the molecule is CCC(C)N(C)CCNC(COC)c1ccccc1. The standard InChI is InChI=1S/C16H28N2O/c1-5-14(2)18(3)12-11-17-16(13-19-4)15-9-7-6-8-10-15/h6-10,14,16-17H,5,11-13H2,1-4H3. The lowest BCUT2D eigenvalue weighted by atomic mass is 10.1. The lowest BCUT2D eigenvalue weighted by Gasteiger charge is -2.25. The third-order valence-electron chi connectivity index (χ3n) is 3.73. The van der Waals surface area contributed by atoms with Gasteiger partial charge in [-0.2, -0.15) is 0 Å². The van der Waals surface area contributed by atoms with Crippen LogP contribution in [0.15, 0.2) is 30.3 Å². The highest BCUT2D eigenvalue weighted by Crippen LogP contribution is 2.12. The summed E-state index contributed by atoms with van der Waals surface area (Å²) in [6, 6.07) is 11.4. The van der Waals surface area contributed by atoms with E-state index in [1.807, 2.05) is 6.07 Å². The van der Waals surface area contributed by atoms with E-state index in [9.17, 15) is 0 Å². The van der Waals surface area contributed by atoms with Crippen LogP contribution in [0.5, 0.6) is 0 Å². The van der Waals surface area contributed by atoms with Gasteiger partial charge in [-0.25, -0.2) is 0 Å². The molecule has 0 aliphatic rings. The first-order valence-corrected chi connectivity index (χ1v) is 7.16. The number of hydrogen-bond donors (Lipinski definition) is 1. The fraction of sp³-hybridized carbons (Fsp3) is 0.625. The number of nitrogens with zero attached hydrogens (tertiary/aromatic N) is 1. The zero-order valence-electron chi connectivity index (χ0n) is 12.7. The van der Waals surface area contributed by atoms with Gasteiger partial charge in [0.1, 0.15) is 0 Å². The Bertz CT molecular complexity index is 329. The Labute approximate surface area is 118 Å². The number of likely N-dealkylation sites (N-methyl/N-ethyl adjacent to an activating group) is 1. The fourth-order valence-corrected chi connectivity index (χ4v) is 2.07. The lowest BCUT2D eigenvalue weighted by Crippen LogP contribution is -2.37. The van der Waals surface area contributed by atoms with E-state index in [-0.39, 0.29) is 6.04 Å². The first kappa shape index (κ1) is 16.2. The molecule has 0 fully saturated rings. The Kier molecular flexibility index (Phi) is 7.72. The van der Waals surface area contributed by atoms with Gasteiger partial charge in [0.05, 0.1) is 12.6 Å². The molecule has 0 aliphatic carbocycles. The average molecular weight is 264 g/mol. The molecule has 0 saturated heterocycles. The largest absolute Gasteiger partial charge is 0.383 e. The van der Waals surface area contributed by atoms with Gasteiger partial charge in [0.2, 0.25) is 0 Å². The Balaban J connectivity index is 2.43. The van der Waals surface area contributed by atoms with Crippen LogP contribution in [-0.4, -0.2) is 44.8 Å². The van der Waals surface area contributed by atoms with Crippen LogP contribution in [0.4, 0.5) is 0 Å². The highest BCUT2D eigenvalue weighted by atomic mass is 16.5. The van der Waals surface area contributed by atoms with E-state index in [0.29, 0.717) is 12.6 Å². The Morgan fingerprint density at radius 2 is 1.95 bits per heavy atom. The molecular formula is C16H28N2O. The van der Waals surface area contributed by atoms with Crippen LogP contribution in [0.25, 0.3) is 0 Å². The Hall–Kier alpha value is -0.900. The molecule has 0 radical (unpaired) electrons. The maximum Gasteiger partial charge on any atom is 0.0657 e. The molecule has 2 unspecified atom stereocenters. The molecular weight excluding hydrogens is 236 g/mol. The summed E-state index contributed by atoms with van der Waals surface area (Å²) in [5, 5.41) is 3.58. The number of rotatable bonds is 9. The lowest BCUT2D eigenvalue weighted by molar-refractivity contribution is 0.162. The third-order valence-corrected chi connectivity index (χ3v) is 3.73. The number of hydrogen-bond acceptors (Lipinski definition) is 3. The summed E-state index contributed by atoms with van der Waals surface area (Å²) in [6.45, 7) is 7.24. The minimum absolute atomic E-state index is 0.275. The molecule has 1 aromatic rings. The van der Waals surface area contributed by atoms with Crippen molar-refractivity contribution in [3.8, 4) is 0 Å². The summed E-state index contributed by atoms with van der Waals surface area (Å²) in [7, 11) is 3.94. The van der Waals surface area contributed by atoms with Gasteiger partial charge in [0.15, 0.2) is 0 Å². The van der Waals surface area contributed by atoms with Crippen molar-refractivity contribution in [2.24, 2.45) is 0 Å². The van der Waals surface area contributed by atoms with E-state index in [1.165, 1.54) is 12.0 Å². The van der Waals surface area contributed by atoms with Crippen molar-refractivity contribution >= 4 is 0 Å². The van der Waals surface area contributed by atoms with E-state index < -0.39 is 0 Å². The highest BCUT2D eigenvalue weighted by molar-refractivity contribution is 5.18. The molecule has 0 heterocycles. The molecule has 3 nitrogen and oxygen atoms in total. The van der Waals surface area contributed by atoms with E-state index in [1.54, 1.807) is 7.11 Å². The molecule has 108 valence electrons. The van der Waals surface area contributed by atoms with E-state index in [4.69, 9.17) is 4.74 Å². The first-order chi connectivity index (χ1) is 9.19. The predicted octanol–water partition coefficient (Wildman–Crippen LogP) is 2.69. The predicted molar refractivity (Wildman–Crippen MR) is 81.4 cm³/mol. The van der Waals surface area contributed by atoms with Gasteiger partial charge < -0.3 is 15.0 Å². The van der Waals surface area contributed by atoms with Gasteiger partial charge in [-0.15, -0.1) is 0 Å². The van der Waals surface area contributed by atoms with Gasteiger partial charge in [0, 0.05) is 26.2 Å². The zero-order chi connectivity index (χ0) is 14.1. The maximum atomic E-state index is 5.31. The molecule has 2 atom stereocenters. The zero-order valence-corrected chi connectivity index (χ0v) is 12.7. The molecule has 0 bridgehead atoms. The van der Waals surface area contributed by atoms with Gasteiger partial charge in [-0.1, -0.05) is 37.3 Å². The van der Waals surface area contributed by atoms with Crippen molar-refractivity contribution in [2.45, 2.75) is 32.4 Å². The van der Waals surface area contributed by atoms with Gasteiger partial charge >= 0.3 is 0 Å². The second-order valence-electron chi connectivity index (χ2n) is 5.11. The summed E-state index contributed by atoms with van der Waals surface area (Å²) in [5.41, 5.74) is 1.29. The average Bonchev–Trinajstić information content (AvgIpc) is 2.46. The third kappa shape index (κ3) is 5.72. The molecule has 1 N–H and O–H groups in total. The Morgan fingerprint density at radius 1 is 1.26 bits per heavy atom. The van der Waals surface area contributed by atoms with Crippen molar-refractivity contribution in [1.29, 1.82) is 0 Å². The van der Waals surface area contributed by atoms with Crippen LogP contribution in [0.3, 0.4) is 0 Å². The summed E-state index contributed by atoms with van der Waals surface area (Å²) in [5.74, 6) is 0. The minimum atomic E-state index is 0.275. The number of ether oxygens (including phenoxy) is 1. The maximum absolute atomic E-state index is 5.31. The molecule has 0 spiro atoms. The molecule has 0 saturated carbocycles. The summed E-state index contributed by atoms with van der Waals surface area (Å²) < 4.78 is 5.31. The van der Waals surface area contributed by atoms with Crippen molar-refractivity contribution < 1.29 is 4.74 Å². The fourth-order valence-electron chi connectivity index (χ4n) is 2.07. The van der Waals surface area contributed by atoms with Crippen LogP contribution in [0, 0.1) is 0 Å². The molecule has 3 heteroatoms. The van der Waals surface area contributed by atoms with E-state index in [0.717, 1.165) is 13.1 Å². The van der Waals surface area contributed by atoms with Crippen LogP contribution in [-0.2, 0) is 4.74 Å². The van der Waals surface area contributed by atoms with Crippen molar-refractivity contribution in [3.63, 3.8) is 0 Å². The first-order valence-electron chi connectivity index (χ1n) is 7.16. The molecule has 0 aliphatic heterocycles. The molecule has 1 rings (SSSR count).